The lowest BCUT2D eigenvalue weighted by Crippen LogP contribution is -2.43. The van der Waals surface area contributed by atoms with Crippen molar-refractivity contribution in [2.24, 2.45) is 5.41 Å². The van der Waals surface area contributed by atoms with Crippen LogP contribution in [0.25, 0.3) is 0 Å². The molecule has 230 valence electrons. The van der Waals surface area contributed by atoms with Gasteiger partial charge >= 0.3 is 5.97 Å². The minimum Gasteiger partial charge on any atom is -0.512 e. The molecule has 0 amide bonds. The normalized spacial score (nSPS) is 18.3. The molecule has 2 aromatic carbocycles. The molecule has 0 saturated heterocycles. The van der Waals surface area contributed by atoms with E-state index in [1.807, 2.05) is 24.3 Å². The van der Waals surface area contributed by atoms with Crippen LogP contribution in [0.3, 0.4) is 0 Å². The fraction of sp³-hybridized carbons (Fsp3) is 0.412. The number of aryl methyl sites for hydroxylation is 1. The molecule has 2 atom stereocenters. The van der Waals surface area contributed by atoms with Gasteiger partial charge in [-0.3, -0.25) is 4.72 Å². The van der Waals surface area contributed by atoms with Gasteiger partial charge in [0.05, 0.1) is 17.5 Å². The second-order valence-corrected chi connectivity index (χ2v) is 13.4. The number of nitrogens with one attached hydrogen (secondary N) is 1. The first-order valence-electron chi connectivity index (χ1n) is 15.0. The Bertz CT molecular complexity index is 1550. The number of esters is 1. The topological polar surface area (TPSA) is 132 Å². The van der Waals surface area contributed by atoms with Crippen LogP contribution in [0, 0.1) is 5.41 Å². The van der Waals surface area contributed by atoms with Gasteiger partial charge in [-0.1, -0.05) is 76.6 Å². The quantitative estimate of drug-likeness (QED) is 0.174. The van der Waals surface area contributed by atoms with Gasteiger partial charge in [-0.15, -0.1) is 0 Å². The number of nitrogens with zero attached hydrogens (tertiary/aromatic N) is 1. The summed E-state index contributed by atoms with van der Waals surface area (Å²) in [5.74, 6) is -0.990. The summed E-state index contributed by atoms with van der Waals surface area (Å²) in [4.78, 5) is 17.9. The fourth-order valence-corrected chi connectivity index (χ4v) is 7.06. The molecule has 1 aliphatic heterocycles. The Hall–Kier alpha value is -3.85. The van der Waals surface area contributed by atoms with Crippen molar-refractivity contribution in [3.8, 4) is 0 Å². The SMILES string of the molecule is CCCC1(CCc2ccccc2)CC(O)=C(C(c2cccc(NS(=O)(=O)c3ccc(N)cn3)c2)C(C)(CC)CC)C(=O)O1. The lowest BCUT2D eigenvalue weighted by molar-refractivity contribution is -0.161. The van der Waals surface area contributed by atoms with Gasteiger partial charge in [-0.2, -0.15) is 8.42 Å². The molecule has 1 aromatic heterocycles. The number of aliphatic hydroxyl groups is 1. The number of benzene rings is 2. The summed E-state index contributed by atoms with van der Waals surface area (Å²) in [6, 6.07) is 19.9. The maximum absolute atomic E-state index is 14.0. The zero-order chi connectivity index (χ0) is 31.3. The maximum Gasteiger partial charge on any atom is 0.338 e. The fourth-order valence-electron chi connectivity index (χ4n) is 6.08. The second kappa shape index (κ2) is 13.2. The number of sulfonamides is 1. The lowest BCUT2D eigenvalue weighted by Gasteiger charge is -2.43. The summed E-state index contributed by atoms with van der Waals surface area (Å²) in [6.45, 7) is 8.25. The Morgan fingerprint density at radius 1 is 1.05 bits per heavy atom. The van der Waals surface area contributed by atoms with Gasteiger partial charge in [0.1, 0.15) is 11.4 Å². The largest absolute Gasteiger partial charge is 0.512 e. The minimum absolute atomic E-state index is 0.0490. The van der Waals surface area contributed by atoms with Crippen molar-refractivity contribution in [3.63, 3.8) is 0 Å². The van der Waals surface area contributed by atoms with Crippen molar-refractivity contribution in [2.45, 2.75) is 89.2 Å². The predicted octanol–water partition coefficient (Wildman–Crippen LogP) is 7.31. The Labute approximate surface area is 255 Å². The van der Waals surface area contributed by atoms with Gasteiger partial charge in [-0.05, 0) is 72.9 Å². The van der Waals surface area contributed by atoms with E-state index in [0.717, 1.165) is 31.2 Å². The molecule has 2 unspecified atom stereocenters. The number of hydrogen-bond acceptors (Lipinski definition) is 7. The van der Waals surface area contributed by atoms with Crippen LogP contribution in [0.15, 0.2) is 89.3 Å². The number of nitrogen functional groups attached to an aromatic ring is 1. The average Bonchev–Trinajstić information content (AvgIpc) is 2.98. The Kier molecular flexibility index (Phi) is 9.85. The van der Waals surface area contributed by atoms with E-state index in [1.54, 1.807) is 18.2 Å². The molecule has 8 nitrogen and oxygen atoms in total. The number of carbonyl (C=O) groups excluding carboxylic acids is 1. The number of aliphatic hydroxyl groups excluding tert-OH is 1. The van der Waals surface area contributed by atoms with Crippen LogP contribution in [0.2, 0.25) is 0 Å². The molecule has 0 spiro atoms. The third-order valence-electron chi connectivity index (χ3n) is 8.86. The standard InChI is InChI=1S/C34H43N3O5S/c1-5-19-34(20-18-24-12-9-8-10-13-24)22-28(38)30(32(39)42-34)31(33(4,6-2)7-3)25-14-11-15-27(21-25)37-43(40,41)29-17-16-26(35)23-36-29/h8-17,21,23,31,37-38H,5-7,18-20,22,35H2,1-4H3. The highest BCUT2D eigenvalue weighted by atomic mass is 32.2. The van der Waals surface area contributed by atoms with Crippen molar-refractivity contribution in [1.82, 2.24) is 4.98 Å². The molecule has 1 aliphatic rings. The first-order valence-corrected chi connectivity index (χ1v) is 16.5. The summed E-state index contributed by atoms with van der Waals surface area (Å²) in [5, 5.41) is 11.5. The van der Waals surface area contributed by atoms with E-state index in [2.05, 4.69) is 49.5 Å². The first kappa shape index (κ1) is 32.1. The van der Waals surface area contributed by atoms with Crippen LogP contribution in [-0.4, -0.2) is 30.1 Å². The summed E-state index contributed by atoms with van der Waals surface area (Å²) < 4.78 is 35.0. The van der Waals surface area contributed by atoms with Crippen molar-refractivity contribution in [3.05, 3.63) is 95.4 Å². The average molecular weight is 606 g/mol. The van der Waals surface area contributed by atoms with Gasteiger partial charge in [0, 0.05) is 18.0 Å². The summed E-state index contributed by atoms with van der Waals surface area (Å²) in [7, 11) is -3.99. The summed E-state index contributed by atoms with van der Waals surface area (Å²) >= 11 is 0. The number of ether oxygens (including phenoxy) is 1. The number of nitrogens with two attached hydrogens (primary N) is 1. The second-order valence-electron chi connectivity index (χ2n) is 11.8. The molecule has 0 aliphatic carbocycles. The van der Waals surface area contributed by atoms with Crippen molar-refractivity contribution < 1.29 is 23.1 Å². The van der Waals surface area contributed by atoms with Crippen molar-refractivity contribution in [2.75, 3.05) is 10.5 Å². The number of carbonyl (C=O) groups is 1. The van der Waals surface area contributed by atoms with E-state index >= 15 is 0 Å². The molecule has 4 rings (SSSR count). The molecular formula is C34H43N3O5S. The first-order chi connectivity index (χ1) is 20.5. The van der Waals surface area contributed by atoms with E-state index < -0.39 is 32.9 Å². The summed E-state index contributed by atoms with van der Waals surface area (Å²) in [6.07, 6.45) is 5.75. The van der Waals surface area contributed by atoms with Crippen molar-refractivity contribution >= 4 is 27.4 Å². The molecule has 0 radical (unpaired) electrons. The molecular weight excluding hydrogens is 562 g/mol. The van der Waals surface area contributed by atoms with Gasteiger partial charge in [0.15, 0.2) is 5.03 Å². The number of hydrogen-bond donors (Lipinski definition) is 3. The van der Waals surface area contributed by atoms with Gasteiger partial charge in [0.2, 0.25) is 0 Å². The smallest absolute Gasteiger partial charge is 0.338 e. The molecule has 0 saturated carbocycles. The molecule has 43 heavy (non-hydrogen) atoms. The Morgan fingerprint density at radius 3 is 2.37 bits per heavy atom. The van der Waals surface area contributed by atoms with Crippen LogP contribution >= 0.6 is 0 Å². The van der Waals surface area contributed by atoms with E-state index in [0.29, 0.717) is 29.8 Å². The van der Waals surface area contributed by atoms with E-state index in [1.165, 1.54) is 18.3 Å². The van der Waals surface area contributed by atoms with Crippen LogP contribution in [0.1, 0.15) is 83.3 Å². The van der Waals surface area contributed by atoms with Gasteiger partial charge in [0.25, 0.3) is 10.0 Å². The third-order valence-corrected chi connectivity index (χ3v) is 10.2. The highest BCUT2D eigenvalue weighted by Gasteiger charge is 2.47. The molecule has 4 N–H and O–H groups in total. The van der Waals surface area contributed by atoms with Gasteiger partial charge < -0.3 is 15.6 Å². The highest BCUT2D eigenvalue weighted by molar-refractivity contribution is 7.92. The predicted molar refractivity (Wildman–Crippen MR) is 170 cm³/mol. The lowest BCUT2D eigenvalue weighted by atomic mass is 9.65. The van der Waals surface area contributed by atoms with E-state index in [-0.39, 0.29) is 22.8 Å². The molecule has 9 heteroatoms. The van der Waals surface area contributed by atoms with Crippen LogP contribution in [0.4, 0.5) is 11.4 Å². The number of aromatic nitrogens is 1. The van der Waals surface area contributed by atoms with Gasteiger partial charge in [-0.25, -0.2) is 9.78 Å². The molecule has 3 aromatic rings. The summed E-state index contributed by atoms with van der Waals surface area (Å²) in [5.41, 5.74) is 7.25. The highest BCUT2D eigenvalue weighted by Crippen LogP contribution is 2.50. The number of cyclic esters (lactones) is 1. The van der Waals surface area contributed by atoms with Crippen molar-refractivity contribution in [1.29, 1.82) is 0 Å². The number of pyridine rings is 1. The zero-order valence-electron chi connectivity index (χ0n) is 25.5. The molecule has 2 heterocycles. The zero-order valence-corrected chi connectivity index (χ0v) is 26.3. The molecule has 0 fully saturated rings. The van der Waals surface area contributed by atoms with E-state index in [4.69, 9.17) is 10.5 Å². The minimum atomic E-state index is -3.99. The van der Waals surface area contributed by atoms with Crippen LogP contribution < -0.4 is 10.5 Å². The van der Waals surface area contributed by atoms with E-state index in [9.17, 15) is 18.3 Å². The molecule has 0 bridgehead atoms. The third kappa shape index (κ3) is 7.21. The number of anilines is 2. The Balaban J connectivity index is 1.72. The monoisotopic (exact) mass is 605 g/mol. The Morgan fingerprint density at radius 2 is 1.77 bits per heavy atom. The van der Waals surface area contributed by atoms with Crippen LogP contribution in [0.5, 0.6) is 0 Å². The maximum atomic E-state index is 14.0. The number of rotatable bonds is 13. The van der Waals surface area contributed by atoms with Crippen LogP contribution in [-0.2, 0) is 26.0 Å².